The lowest BCUT2D eigenvalue weighted by Gasteiger charge is -2.23. The number of nitrogen functional groups attached to an aromatic ring is 1. The predicted molar refractivity (Wildman–Crippen MR) is 80.3 cm³/mol. The summed E-state index contributed by atoms with van der Waals surface area (Å²) in [5, 5.41) is 10.9. The van der Waals surface area contributed by atoms with Gasteiger partial charge in [0.05, 0.1) is 9.95 Å². The number of benzene rings is 1. The maximum absolute atomic E-state index is 12.4. The Bertz CT molecular complexity index is 561. The molecule has 1 saturated heterocycles. The molecule has 1 aromatic carbocycles. The van der Waals surface area contributed by atoms with Crippen LogP contribution in [-0.4, -0.2) is 40.3 Å². The second kappa shape index (κ2) is 5.88. The average Bonchev–Trinajstić information content (AvgIpc) is 2.93. The molecule has 0 spiro atoms. The third-order valence-corrected chi connectivity index (χ3v) is 4.78. The number of halogens is 1. The van der Waals surface area contributed by atoms with Crippen molar-refractivity contribution in [1.82, 2.24) is 4.90 Å². The molecule has 2 N–H and O–H groups in total. The molecule has 0 aliphatic carbocycles. The lowest BCUT2D eigenvalue weighted by molar-refractivity contribution is -0.383. The third kappa shape index (κ3) is 2.83. The van der Waals surface area contributed by atoms with Crippen molar-refractivity contribution in [1.29, 1.82) is 0 Å². The zero-order chi connectivity index (χ0) is 14.9. The second-order valence-electron chi connectivity index (χ2n) is 4.58. The Morgan fingerprint density at radius 1 is 1.60 bits per heavy atom. The molecule has 108 valence electrons. The van der Waals surface area contributed by atoms with Crippen LogP contribution in [-0.2, 0) is 0 Å². The molecule has 1 atom stereocenters. The van der Waals surface area contributed by atoms with Crippen molar-refractivity contribution in [3.63, 3.8) is 0 Å². The Kier molecular flexibility index (Phi) is 4.39. The highest BCUT2D eigenvalue weighted by molar-refractivity contribution is 7.99. The first-order valence-corrected chi connectivity index (χ1v) is 7.53. The Labute approximate surface area is 125 Å². The fraction of sp³-hybridized carbons (Fsp3) is 0.417. The van der Waals surface area contributed by atoms with Crippen LogP contribution in [0.5, 0.6) is 0 Å². The average molecular weight is 316 g/mol. The predicted octanol–water partition coefficient (Wildman–Crippen LogP) is 2.41. The maximum Gasteiger partial charge on any atom is 0.294 e. The topological polar surface area (TPSA) is 89.5 Å². The van der Waals surface area contributed by atoms with Crippen molar-refractivity contribution in [2.45, 2.75) is 12.5 Å². The van der Waals surface area contributed by atoms with Crippen molar-refractivity contribution in [3.8, 4) is 0 Å². The van der Waals surface area contributed by atoms with E-state index >= 15 is 0 Å². The van der Waals surface area contributed by atoms with Crippen LogP contribution < -0.4 is 5.73 Å². The van der Waals surface area contributed by atoms with E-state index < -0.39 is 4.92 Å². The van der Waals surface area contributed by atoms with E-state index in [1.165, 1.54) is 12.1 Å². The summed E-state index contributed by atoms with van der Waals surface area (Å²) in [4.78, 5) is 24.3. The number of rotatable bonds is 3. The first-order valence-electron chi connectivity index (χ1n) is 6.00. The summed E-state index contributed by atoms with van der Waals surface area (Å²) in [6.07, 6.45) is 0.928. The molecule has 0 saturated carbocycles. The summed E-state index contributed by atoms with van der Waals surface area (Å²) in [5.41, 5.74) is 5.28. The zero-order valence-electron chi connectivity index (χ0n) is 10.8. The highest BCUT2D eigenvalue weighted by Crippen LogP contribution is 2.32. The Morgan fingerprint density at radius 2 is 2.30 bits per heavy atom. The zero-order valence-corrected chi connectivity index (χ0v) is 12.4. The van der Waals surface area contributed by atoms with Gasteiger partial charge >= 0.3 is 0 Å². The van der Waals surface area contributed by atoms with Crippen molar-refractivity contribution in [2.75, 3.05) is 24.3 Å². The van der Waals surface area contributed by atoms with E-state index in [0.29, 0.717) is 0 Å². The first-order chi connectivity index (χ1) is 9.41. The van der Waals surface area contributed by atoms with E-state index in [9.17, 15) is 14.9 Å². The van der Waals surface area contributed by atoms with Crippen LogP contribution >= 0.6 is 23.4 Å². The van der Waals surface area contributed by atoms with Crippen LogP contribution in [0.3, 0.4) is 0 Å². The number of hydrogen-bond donors (Lipinski definition) is 1. The second-order valence-corrected chi connectivity index (χ2v) is 6.14. The molecule has 0 radical (unpaired) electrons. The number of amides is 1. The standard InChI is InChI=1S/C12H14ClN3O3S/c1-15(8-2-3-20-6-8)12(17)7-4-9(13)11(14)10(5-7)16(18)19/h4-5,8H,2-3,6,14H2,1H3. The number of nitrogens with two attached hydrogens (primary N) is 1. The Balaban J connectivity index is 2.32. The summed E-state index contributed by atoms with van der Waals surface area (Å²) in [5.74, 6) is 1.63. The molecule has 1 aliphatic heterocycles. The lowest BCUT2D eigenvalue weighted by Crippen LogP contribution is -2.37. The van der Waals surface area contributed by atoms with Crippen LogP contribution in [0.4, 0.5) is 11.4 Å². The molecule has 1 aromatic rings. The van der Waals surface area contributed by atoms with Gasteiger partial charge in [0.2, 0.25) is 0 Å². The molecule has 20 heavy (non-hydrogen) atoms. The van der Waals surface area contributed by atoms with E-state index in [-0.39, 0.29) is 33.9 Å². The molecule has 2 rings (SSSR count). The molecular weight excluding hydrogens is 302 g/mol. The number of thioether (sulfide) groups is 1. The summed E-state index contributed by atoms with van der Waals surface area (Å²) in [6.45, 7) is 0. The molecule has 1 fully saturated rings. The van der Waals surface area contributed by atoms with Gasteiger partial charge in [0.25, 0.3) is 11.6 Å². The van der Waals surface area contributed by atoms with E-state index in [2.05, 4.69) is 0 Å². The van der Waals surface area contributed by atoms with E-state index in [4.69, 9.17) is 17.3 Å². The van der Waals surface area contributed by atoms with Crippen molar-refractivity contribution >= 4 is 40.6 Å². The summed E-state index contributed by atoms with van der Waals surface area (Å²) >= 11 is 7.66. The third-order valence-electron chi connectivity index (χ3n) is 3.33. The number of carbonyl (C=O) groups is 1. The van der Waals surface area contributed by atoms with Gasteiger partial charge in [-0.2, -0.15) is 11.8 Å². The monoisotopic (exact) mass is 315 g/mol. The van der Waals surface area contributed by atoms with Crippen LogP contribution in [0.15, 0.2) is 12.1 Å². The minimum Gasteiger partial charge on any atom is -0.392 e. The van der Waals surface area contributed by atoms with Crippen LogP contribution in [0.25, 0.3) is 0 Å². The van der Waals surface area contributed by atoms with Gasteiger partial charge in [0.15, 0.2) is 0 Å². The number of nitro benzene ring substituents is 1. The SMILES string of the molecule is CN(C(=O)c1cc(Cl)c(N)c([N+](=O)[O-])c1)C1CCSC1. The summed E-state index contributed by atoms with van der Waals surface area (Å²) in [7, 11) is 1.70. The smallest absolute Gasteiger partial charge is 0.294 e. The van der Waals surface area contributed by atoms with E-state index in [0.717, 1.165) is 17.9 Å². The van der Waals surface area contributed by atoms with Crippen LogP contribution in [0.2, 0.25) is 5.02 Å². The van der Waals surface area contributed by atoms with Gasteiger partial charge in [-0.3, -0.25) is 14.9 Å². The molecule has 1 amide bonds. The Morgan fingerprint density at radius 3 is 2.85 bits per heavy atom. The van der Waals surface area contributed by atoms with Gasteiger partial charge in [0, 0.05) is 30.5 Å². The fourth-order valence-electron chi connectivity index (χ4n) is 2.07. The number of nitrogens with zero attached hydrogens (tertiary/aromatic N) is 2. The van der Waals surface area contributed by atoms with Gasteiger partial charge < -0.3 is 10.6 Å². The minimum absolute atomic E-state index is 0.0248. The highest BCUT2D eigenvalue weighted by Gasteiger charge is 2.27. The first kappa shape index (κ1) is 14.9. The molecule has 6 nitrogen and oxygen atoms in total. The molecule has 1 aliphatic rings. The molecule has 1 heterocycles. The molecular formula is C12H14ClN3O3S. The normalized spacial score (nSPS) is 18.0. The lowest BCUT2D eigenvalue weighted by atomic mass is 10.1. The van der Waals surface area contributed by atoms with E-state index in [1.807, 2.05) is 0 Å². The van der Waals surface area contributed by atoms with Gasteiger partial charge in [-0.05, 0) is 18.2 Å². The van der Waals surface area contributed by atoms with Gasteiger partial charge in [0.1, 0.15) is 5.69 Å². The minimum atomic E-state index is -0.636. The molecule has 0 bridgehead atoms. The number of anilines is 1. The molecule has 8 heteroatoms. The van der Waals surface area contributed by atoms with Crippen molar-refractivity contribution in [2.24, 2.45) is 0 Å². The van der Waals surface area contributed by atoms with Crippen LogP contribution in [0, 0.1) is 10.1 Å². The van der Waals surface area contributed by atoms with Gasteiger partial charge in [-0.25, -0.2) is 0 Å². The number of carbonyl (C=O) groups excluding carboxylic acids is 1. The van der Waals surface area contributed by atoms with Crippen molar-refractivity contribution in [3.05, 3.63) is 32.8 Å². The quantitative estimate of drug-likeness (QED) is 0.525. The Hall–Kier alpha value is -1.47. The van der Waals surface area contributed by atoms with Gasteiger partial charge in [-0.1, -0.05) is 11.6 Å². The summed E-state index contributed by atoms with van der Waals surface area (Å²) < 4.78 is 0. The maximum atomic E-state index is 12.4. The molecule has 1 unspecified atom stereocenters. The highest BCUT2D eigenvalue weighted by atomic mass is 35.5. The number of nitro groups is 1. The van der Waals surface area contributed by atoms with Crippen LogP contribution in [0.1, 0.15) is 16.8 Å². The fourth-order valence-corrected chi connectivity index (χ4v) is 3.56. The van der Waals surface area contributed by atoms with E-state index in [1.54, 1.807) is 23.7 Å². The molecule has 0 aromatic heterocycles. The van der Waals surface area contributed by atoms with Crippen molar-refractivity contribution < 1.29 is 9.72 Å². The number of hydrogen-bond acceptors (Lipinski definition) is 5. The van der Waals surface area contributed by atoms with Gasteiger partial charge in [-0.15, -0.1) is 0 Å². The summed E-state index contributed by atoms with van der Waals surface area (Å²) in [6, 6.07) is 2.72. The largest absolute Gasteiger partial charge is 0.392 e.